The van der Waals surface area contributed by atoms with Gasteiger partial charge in [0.15, 0.2) is 23.3 Å². The Hall–Kier alpha value is -1.98. The van der Waals surface area contributed by atoms with E-state index in [9.17, 15) is 8.78 Å². The van der Waals surface area contributed by atoms with Crippen LogP contribution in [0.4, 0.5) is 14.6 Å². The summed E-state index contributed by atoms with van der Waals surface area (Å²) in [4.78, 5) is 3.99. The summed E-state index contributed by atoms with van der Waals surface area (Å²) in [6.07, 6.45) is 2.45. The monoisotopic (exact) mass is 280 g/mol. The van der Waals surface area contributed by atoms with Crippen molar-refractivity contribution in [1.29, 1.82) is 0 Å². The molecule has 2 heterocycles. The molecule has 20 heavy (non-hydrogen) atoms. The van der Waals surface area contributed by atoms with E-state index in [1.54, 1.807) is 12.3 Å². The number of aromatic nitrogens is 3. The summed E-state index contributed by atoms with van der Waals surface area (Å²) in [5, 5.41) is 7.09. The van der Waals surface area contributed by atoms with Gasteiger partial charge in [-0.15, -0.1) is 0 Å². The predicted molar refractivity (Wildman–Crippen MR) is 74.1 cm³/mol. The van der Waals surface area contributed by atoms with Crippen LogP contribution in [0.3, 0.4) is 0 Å². The molecule has 0 fully saturated rings. The molecule has 0 amide bonds. The first-order chi connectivity index (χ1) is 9.52. The first-order valence-corrected chi connectivity index (χ1v) is 6.68. The van der Waals surface area contributed by atoms with Gasteiger partial charge in [0.25, 0.3) is 0 Å². The van der Waals surface area contributed by atoms with Gasteiger partial charge in [0, 0.05) is 18.8 Å². The van der Waals surface area contributed by atoms with Crippen molar-refractivity contribution in [2.75, 3.05) is 11.9 Å². The number of halogens is 2. The first-order valence-electron chi connectivity index (χ1n) is 6.68. The molecule has 2 rings (SSSR count). The summed E-state index contributed by atoms with van der Waals surface area (Å²) in [7, 11) is 0. The Morgan fingerprint density at radius 1 is 1.30 bits per heavy atom. The minimum Gasteiger partial charge on any atom is -0.368 e. The average molecular weight is 280 g/mol. The van der Waals surface area contributed by atoms with Crippen molar-refractivity contribution in [3.05, 3.63) is 35.7 Å². The van der Waals surface area contributed by atoms with Crippen molar-refractivity contribution in [2.45, 2.75) is 33.1 Å². The number of hydrogen-bond donors (Lipinski definition) is 1. The number of nitrogens with one attached hydrogen (secondary N) is 1. The van der Waals surface area contributed by atoms with Gasteiger partial charge in [-0.05, 0) is 18.4 Å². The summed E-state index contributed by atoms with van der Waals surface area (Å²) in [6, 6.07) is 2.63. The molecule has 0 saturated carbocycles. The molecular formula is C14H18F2N4. The van der Waals surface area contributed by atoms with Crippen molar-refractivity contribution in [3.8, 4) is 5.82 Å². The van der Waals surface area contributed by atoms with Gasteiger partial charge in [-0.2, -0.15) is 5.10 Å². The van der Waals surface area contributed by atoms with E-state index in [0.29, 0.717) is 6.54 Å². The highest BCUT2D eigenvalue weighted by Gasteiger charge is 2.14. The van der Waals surface area contributed by atoms with Gasteiger partial charge in [-0.3, -0.25) is 0 Å². The summed E-state index contributed by atoms with van der Waals surface area (Å²) in [6.45, 7) is 6.52. The standard InChI is InChI=1S/C14H18F2N4/c1-4-6-17-13-10(15)8-11(16)14(18-13)20-7-5-12(19-20)9(2)3/h5,7-9H,4,6H2,1-3H3,(H,17,18). The lowest BCUT2D eigenvalue weighted by atomic mass is 10.1. The highest BCUT2D eigenvalue weighted by Crippen LogP contribution is 2.19. The summed E-state index contributed by atoms with van der Waals surface area (Å²) >= 11 is 0. The van der Waals surface area contributed by atoms with Gasteiger partial charge < -0.3 is 5.32 Å². The molecule has 0 aliphatic carbocycles. The fourth-order valence-corrected chi connectivity index (χ4v) is 1.75. The van der Waals surface area contributed by atoms with Gasteiger partial charge in [0.2, 0.25) is 0 Å². The van der Waals surface area contributed by atoms with E-state index in [-0.39, 0.29) is 17.6 Å². The van der Waals surface area contributed by atoms with Crippen LogP contribution in [0, 0.1) is 11.6 Å². The topological polar surface area (TPSA) is 42.7 Å². The van der Waals surface area contributed by atoms with Gasteiger partial charge >= 0.3 is 0 Å². The highest BCUT2D eigenvalue weighted by atomic mass is 19.1. The second kappa shape index (κ2) is 5.98. The largest absolute Gasteiger partial charge is 0.368 e. The van der Waals surface area contributed by atoms with E-state index < -0.39 is 11.6 Å². The molecule has 108 valence electrons. The van der Waals surface area contributed by atoms with Crippen LogP contribution >= 0.6 is 0 Å². The van der Waals surface area contributed by atoms with Gasteiger partial charge in [-0.1, -0.05) is 20.8 Å². The molecule has 0 unspecified atom stereocenters. The van der Waals surface area contributed by atoms with Crippen LogP contribution in [-0.4, -0.2) is 21.3 Å². The molecule has 0 aliphatic heterocycles. The molecule has 1 N–H and O–H groups in total. The van der Waals surface area contributed by atoms with E-state index in [0.717, 1.165) is 18.2 Å². The Kier molecular flexibility index (Phi) is 4.32. The first kappa shape index (κ1) is 14.4. The lowest BCUT2D eigenvalue weighted by molar-refractivity contribution is 0.561. The van der Waals surface area contributed by atoms with Crippen molar-refractivity contribution in [3.63, 3.8) is 0 Å². The predicted octanol–water partition coefficient (Wildman–Crippen LogP) is 3.49. The Labute approximate surface area is 116 Å². The second-order valence-electron chi connectivity index (χ2n) is 4.89. The SMILES string of the molecule is CCCNc1nc(-n2ccc(C(C)C)n2)c(F)cc1F. The molecule has 0 aliphatic rings. The fraction of sp³-hybridized carbons (Fsp3) is 0.429. The molecular weight excluding hydrogens is 262 g/mol. The summed E-state index contributed by atoms with van der Waals surface area (Å²) in [5.41, 5.74) is 0.832. The molecule has 0 spiro atoms. The van der Waals surface area contributed by atoms with Gasteiger partial charge in [-0.25, -0.2) is 18.4 Å². The van der Waals surface area contributed by atoms with Crippen LogP contribution in [0.2, 0.25) is 0 Å². The number of rotatable bonds is 5. The summed E-state index contributed by atoms with van der Waals surface area (Å²) in [5.74, 6) is -1.15. The van der Waals surface area contributed by atoms with E-state index >= 15 is 0 Å². The zero-order valence-electron chi connectivity index (χ0n) is 11.8. The third kappa shape index (κ3) is 2.95. The Morgan fingerprint density at radius 3 is 2.65 bits per heavy atom. The van der Waals surface area contributed by atoms with E-state index in [4.69, 9.17) is 0 Å². The van der Waals surface area contributed by atoms with Crippen molar-refractivity contribution >= 4 is 5.82 Å². The molecule has 2 aromatic heterocycles. The third-order valence-electron chi connectivity index (χ3n) is 2.87. The maximum absolute atomic E-state index is 13.9. The minimum atomic E-state index is -0.733. The van der Waals surface area contributed by atoms with Crippen LogP contribution in [0.1, 0.15) is 38.8 Å². The maximum atomic E-state index is 13.9. The van der Waals surface area contributed by atoms with Crippen LogP contribution < -0.4 is 5.32 Å². The number of anilines is 1. The smallest absolute Gasteiger partial charge is 0.191 e. The molecule has 6 heteroatoms. The minimum absolute atomic E-state index is 0.00287. The van der Waals surface area contributed by atoms with Crippen LogP contribution in [0.5, 0.6) is 0 Å². The Bertz CT molecular complexity index is 593. The maximum Gasteiger partial charge on any atom is 0.191 e. The van der Waals surface area contributed by atoms with Crippen LogP contribution in [0.25, 0.3) is 5.82 Å². The second-order valence-corrected chi connectivity index (χ2v) is 4.89. The van der Waals surface area contributed by atoms with E-state index in [2.05, 4.69) is 15.4 Å². The number of hydrogen-bond acceptors (Lipinski definition) is 3. The Balaban J connectivity index is 2.39. The molecule has 2 aromatic rings. The zero-order valence-corrected chi connectivity index (χ0v) is 11.8. The molecule has 4 nitrogen and oxygen atoms in total. The Morgan fingerprint density at radius 2 is 2.05 bits per heavy atom. The van der Waals surface area contributed by atoms with Crippen molar-refractivity contribution < 1.29 is 8.78 Å². The fourth-order valence-electron chi connectivity index (χ4n) is 1.75. The van der Waals surface area contributed by atoms with E-state index in [1.165, 1.54) is 4.68 Å². The summed E-state index contributed by atoms with van der Waals surface area (Å²) < 4.78 is 28.8. The molecule has 0 saturated heterocycles. The van der Waals surface area contributed by atoms with Crippen molar-refractivity contribution in [2.24, 2.45) is 0 Å². The lowest BCUT2D eigenvalue weighted by Crippen LogP contribution is -2.10. The van der Waals surface area contributed by atoms with Crippen LogP contribution in [-0.2, 0) is 0 Å². The van der Waals surface area contributed by atoms with Crippen LogP contribution in [0.15, 0.2) is 18.3 Å². The molecule has 0 aromatic carbocycles. The number of nitrogens with zero attached hydrogens (tertiary/aromatic N) is 3. The number of pyridine rings is 1. The normalized spacial score (nSPS) is 11.1. The zero-order chi connectivity index (χ0) is 14.7. The molecule has 0 radical (unpaired) electrons. The third-order valence-corrected chi connectivity index (χ3v) is 2.87. The molecule has 0 atom stereocenters. The average Bonchev–Trinajstić information content (AvgIpc) is 2.87. The lowest BCUT2D eigenvalue weighted by Gasteiger charge is -2.09. The molecule has 0 bridgehead atoms. The van der Waals surface area contributed by atoms with Crippen molar-refractivity contribution in [1.82, 2.24) is 14.8 Å². The highest BCUT2D eigenvalue weighted by molar-refractivity contribution is 5.42. The van der Waals surface area contributed by atoms with E-state index in [1.807, 2.05) is 20.8 Å². The quantitative estimate of drug-likeness (QED) is 0.911. The van der Waals surface area contributed by atoms with Gasteiger partial charge in [0.05, 0.1) is 5.69 Å². The van der Waals surface area contributed by atoms with Gasteiger partial charge in [0.1, 0.15) is 0 Å².